The first-order chi connectivity index (χ1) is 51.0. The Labute approximate surface area is 649 Å². The van der Waals surface area contributed by atoms with Crippen LogP contribution < -0.4 is 0 Å². The third-order valence-electron chi connectivity index (χ3n) is 21.3. The van der Waals surface area contributed by atoms with E-state index in [0.29, 0.717) is 23.9 Å². The molecular weight excluding hydrogens is 1300 g/mol. The number of hydrogen-bond acceptors (Lipinski definition) is 7. The Morgan fingerprint density at radius 3 is 0.779 bits per heavy atom. The largest absolute Gasteiger partial charge is 0.472 e. The van der Waals surface area contributed by atoms with Gasteiger partial charge in [-0.05, 0) is 77.0 Å². The van der Waals surface area contributed by atoms with E-state index < -0.39 is 26.5 Å². The van der Waals surface area contributed by atoms with Gasteiger partial charge in [-0.3, -0.25) is 18.6 Å². The molecule has 0 amide bonds. The first-order valence-corrected chi connectivity index (χ1v) is 47.9. The molecule has 10 heteroatoms. The molecule has 0 saturated heterocycles. The summed E-state index contributed by atoms with van der Waals surface area (Å²) in [5.74, 6) is -0.767. The van der Waals surface area contributed by atoms with Gasteiger partial charge in [0.15, 0.2) is 6.10 Å². The first kappa shape index (κ1) is 102. The van der Waals surface area contributed by atoms with Gasteiger partial charge in [0.25, 0.3) is 0 Å². The van der Waals surface area contributed by atoms with Gasteiger partial charge in [-0.2, -0.15) is 0 Å². The molecule has 0 heterocycles. The van der Waals surface area contributed by atoms with Gasteiger partial charge in [-0.25, -0.2) is 4.57 Å². The van der Waals surface area contributed by atoms with Crippen LogP contribution in [0.5, 0.6) is 0 Å². The number of nitrogens with zero attached hydrogens (tertiary/aromatic N) is 1. The van der Waals surface area contributed by atoms with Gasteiger partial charge in [0.2, 0.25) is 0 Å². The van der Waals surface area contributed by atoms with Crippen molar-refractivity contribution in [1.29, 1.82) is 0 Å². The molecule has 0 saturated carbocycles. The third-order valence-corrected chi connectivity index (χ3v) is 22.3. The van der Waals surface area contributed by atoms with Crippen LogP contribution in [0.15, 0.2) is 48.6 Å². The molecule has 104 heavy (non-hydrogen) atoms. The fourth-order valence-electron chi connectivity index (χ4n) is 14.3. The fraction of sp³-hybridized carbons (Fsp3) is 0.894. The molecule has 1 N–H and O–H groups in total. The predicted octanol–water partition coefficient (Wildman–Crippen LogP) is 31.4. The van der Waals surface area contributed by atoms with E-state index in [9.17, 15) is 19.0 Å². The molecule has 0 bridgehead atoms. The van der Waals surface area contributed by atoms with Gasteiger partial charge >= 0.3 is 19.8 Å². The van der Waals surface area contributed by atoms with Gasteiger partial charge in [0.1, 0.15) is 19.8 Å². The second-order valence-electron chi connectivity index (χ2n) is 33.0. The predicted molar refractivity (Wildman–Crippen MR) is 455 cm³/mol. The average Bonchev–Trinajstić information content (AvgIpc) is 0.920. The fourth-order valence-corrected chi connectivity index (χ4v) is 15.0. The Kier molecular flexibility index (Phi) is 83.3. The Hall–Kier alpha value is -2.03. The van der Waals surface area contributed by atoms with Gasteiger partial charge < -0.3 is 18.9 Å². The van der Waals surface area contributed by atoms with Crippen LogP contribution in [-0.2, 0) is 32.7 Å². The number of ether oxygens (including phenoxy) is 2. The lowest BCUT2D eigenvalue weighted by atomic mass is 10.0. The van der Waals surface area contributed by atoms with Crippen molar-refractivity contribution in [3.05, 3.63) is 48.6 Å². The van der Waals surface area contributed by atoms with Crippen LogP contribution in [-0.4, -0.2) is 74.9 Å². The molecule has 2 atom stereocenters. The maximum Gasteiger partial charge on any atom is 0.472 e. The van der Waals surface area contributed by atoms with Gasteiger partial charge in [-0.1, -0.05) is 448 Å². The maximum absolute atomic E-state index is 13.0. The molecule has 0 fully saturated rings. The van der Waals surface area contributed by atoms with Crippen LogP contribution >= 0.6 is 7.82 Å². The molecule has 0 radical (unpaired) electrons. The number of carbonyl (C=O) groups excluding carboxylic acids is 2. The van der Waals surface area contributed by atoms with Crippen LogP contribution in [0, 0.1) is 0 Å². The smallest absolute Gasteiger partial charge is 0.462 e. The molecule has 0 aromatic carbocycles. The van der Waals surface area contributed by atoms with Crippen molar-refractivity contribution in [2.45, 2.75) is 495 Å². The molecule has 0 aliphatic carbocycles. The summed E-state index contributed by atoms with van der Waals surface area (Å²) in [7, 11) is 1.51. The first-order valence-electron chi connectivity index (χ1n) is 46.4. The van der Waals surface area contributed by atoms with E-state index in [2.05, 4.69) is 62.5 Å². The van der Waals surface area contributed by atoms with E-state index in [1.807, 2.05) is 21.1 Å². The van der Waals surface area contributed by atoms with E-state index in [0.717, 1.165) is 44.9 Å². The highest BCUT2D eigenvalue weighted by Gasteiger charge is 2.27. The van der Waals surface area contributed by atoms with Crippen molar-refractivity contribution in [3.63, 3.8) is 0 Å². The van der Waals surface area contributed by atoms with Crippen LogP contribution in [0.1, 0.15) is 489 Å². The monoisotopic (exact) mass is 1480 g/mol. The Morgan fingerprint density at radius 2 is 0.519 bits per heavy atom. The summed E-state index contributed by atoms with van der Waals surface area (Å²) in [4.78, 5) is 36.1. The molecule has 614 valence electrons. The number of phosphoric ester groups is 1. The van der Waals surface area contributed by atoms with Crippen LogP contribution in [0.3, 0.4) is 0 Å². The molecule has 2 unspecified atom stereocenters. The Morgan fingerprint density at radius 1 is 0.298 bits per heavy atom. The summed E-state index contributed by atoms with van der Waals surface area (Å²) in [6.07, 6.45) is 115. The second kappa shape index (κ2) is 85.0. The zero-order valence-corrected chi connectivity index (χ0v) is 71.4. The number of carbonyl (C=O) groups is 2. The highest BCUT2D eigenvalue weighted by molar-refractivity contribution is 7.47. The van der Waals surface area contributed by atoms with Crippen molar-refractivity contribution in [2.24, 2.45) is 0 Å². The molecule has 0 aromatic heterocycles. The lowest BCUT2D eigenvalue weighted by Gasteiger charge is -2.24. The molecule has 0 aliphatic heterocycles. The molecule has 0 aromatic rings. The standard InChI is InChI=1S/C94H180NO8P/c1-6-8-10-12-14-16-18-20-22-24-26-28-30-32-34-36-38-40-42-44-46-47-49-51-53-55-57-59-61-63-65-67-69-71-73-75-77-79-81-83-85-87-94(97)103-92(91-102-104(98,99)101-89-88-95(3,4)5)90-100-93(96)86-84-82-80-78-76-74-72-70-68-66-64-62-60-58-56-54-52-50-48-45-43-41-39-37-35-33-31-29-27-25-23-21-19-17-15-13-11-9-7-2/h18,20,24-27,30,32,92H,6-17,19,21-23,28-29,31,33-91H2,1-5H3/p+1/b20-18-,26-24-,27-25-,32-30-. The van der Waals surface area contributed by atoms with E-state index in [1.54, 1.807) is 0 Å². The van der Waals surface area contributed by atoms with Gasteiger partial charge in [-0.15, -0.1) is 0 Å². The minimum Gasteiger partial charge on any atom is -0.462 e. The zero-order valence-electron chi connectivity index (χ0n) is 70.5. The van der Waals surface area contributed by atoms with Gasteiger partial charge in [0, 0.05) is 12.8 Å². The number of allylic oxidation sites excluding steroid dienone is 8. The number of hydrogen-bond donors (Lipinski definition) is 1. The number of esters is 2. The summed E-state index contributed by atoms with van der Waals surface area (Å²) >= 11 is 0. The molecule has 0 aliphatic rings. The Bertz CT molecular complexity index is 1890. The topological polar surface area (TPSA) is 108 Å². The minimum absolute atomic E-state index is 0.0355. The number of quaternary nitrogens is 1. The van der Waals surface area contributed by atoms with E-state index >= 15 is 0 Å². The molecular formula is C94H181NO8P+. The lowest BCUT2D eigenvalue weighted by molar-refractivity contribution is -0.870. The zero-order chi connectivity index (χ0) is 75.4. The molecule has 0 spiro atoms. The normalized spacial score (nSPS) is 13.1. The van der Waals surface area contributed by atoms with Crippen molar-refractivity contribution in [2.75, 3.05) is 47.5 Å². The summed E-state index contributed by atoms with van der Waals surface area (Å²) in [5.41, 5.74) is 0. The highest BCUT2D eigenvalue weighted by atomic mass is 31.2. The number of rotatable bonds is 88. The minimum atomic E-state index is -4.40. The van der Waals surface area contributed by atoms with E-state index in [4.69, 9.17) is 18.5 Å². The molecule has 9 nitrogen and oxygen atoms in total. The van der Waals surface area contributed by atoms with Crippen molar-refractivity contribution >= 4 is 19.8 Å². The summed E-state index contributed by atoms with van der Waals surface area (Å²) in [5, 5.41) is 0. The van der Waals surface area contributed by atoms with Crippen LogP contribution in [0.25, 0.3) is 0 Å². The van der Waals surface area contributed by atoms with E-state index in [1.165, 1.54) is 411 Å². The Balaban J connectivity index is 3.82. The summed E-state index contributed by atoms with van der Waals surface area (Å²) < 4.78 is 34.9. The van der Waals surface area contributed by atoms with Crippen molar-refractivity contribution < 1.29 is 42.1 Å². The lowest BCUT2D eigenvalue weighted by Crippen LogP contribution is -2.37. The average molecular weight is 1480 g/mol. The SMILES string of the molecule is CCCCCCC/C=C\C/C=C\C/C=C\CCCCCCCCCCCCCCCCCCCCCCCCCCCCC(=O)OC(COC(=O)CCCCCCCCCCCCCCCCCCCCCCCCCCCCC/C=C\CCCCCCCCCC)COP(=O)(O)OCC[N+](C)(C)C. The second-order valence-corrected chi connectivity index (χ2v) is 34.5. The number of likely N-dealkylation sites (N-methyl/N-ethyl adjacent to an activating group) is 1. The van der Waals surface area contributed by atoms with Crippen LogP contribution in [0.2, 0.25) is 0 Å². The highest BCUT2D eigenvalue weighted by Crippen LogP contribution is 2.43. The number of unbranched alkanes of at least 4 members (excludes halogenated alkanes) is 66. The van der Waals surface area contributed by atoms with Gasteiger partial charge in [0.05, 0.1) is 27.7 Å². The van der Waals surface area contributed by atoms with Crippen LogP contribution in [0.4, 0.5) is 0 Å². The van der Waals surface area contributed by atoms with Crippen molar-refractivity contribution in [1.82, 2.24) is 0 Å². The third kappa shape index (κ3) is 88.9. The van der Waals surface area contributed by atoms with E-state index in [-0.39, 0.29) is 25.6 Å². The quantitative estimate of drug-likeness (QED) is 0.0211. The summed E-state index contributed by atoms with van der Waals surface area (Å²) in [6, 6.07) is 0. The molecule has 0 rings (SSSR count). The summed E-state index contributed by atoms with van der Waals surface area (Å²) in [6.45, 7) is 4.51. The number of phosphoric acid groups is 1. The maximum atomic E-state index is 13.0. The van der Waals surface area contributed by atoms with Crippen molar-refractivity contribution in [3.8, 4) is 0 Å².